The lowest BCUT2D eigenvalue weighted by Crippen LogP contribution is -2.00. The molecule has 3 nitrogen and oxygen atoms in total. The first-order chi connectivity index (χ1) is 9.54. The van der Waals surface area contributed by atoms with Gasteiger partial charge in [-0.2, -0.15) is 0 Å². The van der Waals surface area contributed by atoms with Gasteiger partial charge in [-0.05, 0) is 61.6 Å². The van der Waals surface area contributed by atoms with Crippen molar-refractivity contribution in [3.8, 4) is 5.75 Å². The standard InChI is InChI=1S/C17H21NO2/c1-10-6-14(10)17-5-4-13(20-17)9-18-15-7-12(3)16(19)8-11(15)2/h4-5,7-8,10,14,18-19H,6,9H2,1-3H3. The van der Waals surface area contributed by atoms with E-state index in [2.05, 4.69) is 24.4 Å². The third-order valence-electron chi connectivity index (χ3n) is 4.15. The molecule has 1 aromatic heterocycles. The predicted molar refractivity (Wildman–Crippen MR) is 80.1 cm³/mol. The van der Waals surface area contributed by atoms with E-state index < -0.39 is 0 Å². The zero-order chi connectivity index (χ0) is 14.3. The largest absolute Gasteiger partial charge is 0.508 e. The minimum absolute atomic E-state index is 0.344. The maximum atomic E-state index is 9.66. The van der Waals surface area contributed by atoms with Crippen LogP contribution in [0.15, 0.2) is 28.7 Å². The fourth-order valence-corrected chi connectivity index (χ4v) is 2.58. The highest BCUT2D eigenvalue weighted by molar-refractivity contribution is 5.56. The number of anilines is 1. The molecular weight excluding hydrogens is 250 g/mol. The van der Waals surface area contributed by atoms with Crippen molar-refractivity contribution in [1.29, 1.82) is 0 Å². The minimum Gasteiger partial charge on any atom is -0.508 e. The van der Waals surface area contributed by atoms with E-state index in [1.165, 1.54) is 6.42 Å². The number of rotatable bonds is 4. The van der Waals surface area contributed by atoms with Crippen LogP contribution in [0.3, 0.4) is 0 Å². The van der Waals surface area contributed by atoms with Gasteiger partial charge in [-0.15, -0.1) is 0 Å². The summed E-state index contributed by atoms with van der Waals surface area (Å²) in [5, 5.41) is 13.0. The van der Waals surface area contributed by atoms with Crippen molar-refractivity contribution in [2.45, 2.75) is 39.7 Å². The molecule has 1 aliphatic carbocycles. The first-order valence-electron chi connectivity index (χ1n) is 7.17. The van der Waals surface area contributed by atoms with Crippen molar-refractivity contribution in [3.05, 3.63) is 46.9 Å². The van der Waals surface area contributed by atoms with Crippen molar-refractivity contribution in [1.82, 2.24) is 0 Å². The second kappa shape index (κ2) is 4.89. The summed E-state index contributed by atoms with van der Waals surface area (Å²) in [7, 11) is 0. The van der Waals surface area contributed by atoms with E-state index in [1.54, 1.807) is 6.07 Å². The molecular formula is C17H21NO2. The van der Waals surface area contributed by atoms with E-state index in [9.17, 15) is 5.11 Å². The first-order valence-corrected chi connectivity index (χ1v) is 7.17. The highest BCUT2D eigenvalue weighted by atomic mass is 16.3. The molecule has 2 unspecified atom stereocenters. The molecule has 0 radical (unpaired) electrons. The van der Waals surface area contributed by atoms with Gasteiger partial charge in [0.05, 0.1) is 6.54 Å². The maximum Gasteiger partial charge on any atom is 0.123 e. The Morgan fingerprint density at radius 2 is 2.00 bits per heavy atom. The third-order valence-corrected chi connectivity index (χ3v) is 4.15. The number of hydrogen-bond donors (Lipinski definition) is 2. The van der Waals surface area contributed by atoms with Gasteiger partial charge in [0, 0.05) is 11.6 Å². The van der Waals surface area contributed by atoms with Gasteiger partial charge in [0.1, 0.15) is 17.3 Å². The molecule has 0 spiro atoms. The van der Waals surface area contributed by atoms with E-state index in [0.717, 1.165) is 34.3 Å². The van der Waals surface area contributed by atoms with Crippen LogP contribution in [0, 0.1) is 19.8 Å². The second-order valence-electron chi connectivity index (χ2n) is 5.93. The molecule has 3 rings (SSSR count). The van der Waals surface area contributed by atoms with Gasteiger partial charge in [0.25, 0.3) is 0 Å². The molecule has 0 saturated heterocycles. The summed E-state index contributed by atoms with van der Waals surface area (Å²) in [6.45, 7) is 6.82. The number of benzene rings is 1. The molecule has 1 heterocycles. The summed E-state index contributed by atoms with van der Waals surface area (Å²) in [5.74, 6) is 3.82. The average molecular weight is 271 g/mol. The smallest absolute Gasteiger partial charge is 0.123 e. The summed E-state index contributed by atoms with van der Waals surface area (Å²) in [6.07, 6.45) is 1.25. The third kappa shape index (κ3) is 2.53. The van der Waals surface area contributed by atoms with Gasteiger partial charge in [0.15, 0.2) is 0 Å². The van der Waals surface area contributed by atoms with Gasteiger partial charge in [-0.25, -0.2) is 0 Å². The van der Waals surface area contributed by atoms with E-state index >= 15 is 0 Å². The molecule has 1 aliphatic rings. The Labute approximate surface area is 119 Å². The van der Waals surface area contributed by atoms with E-state index in [1.807, 2.05) is 19.9 Å². The summed E-state index contributed by atoms with van der Waals surface area (Å²) in [6, 6.07) is 7.91. The SMILES string of the molecule is Cc1cc(NCc2ccc(C3CC3C)o2)c(C)cc1O. The Morgan fingerprint density at radius 1 is 1.25 bits per heavy atom. The molecule has 1 aromatic carbocycles. The number of hydrogen-bond acceptors (Lipinski definition) is 3. The zero-order valence-corrected chi connectivity index (χ0v) is 12.2. The van der Waals surface area contributed by atoms with Crippen molar-refractivity contribution in [2.24, 2.45) is 5.92 Å². The second-order valence-corrected chi connectivity index (χ2v) is 5.93. The highest BCUT2D eigenvalue weighted by Gasteiger charge is 2.36. The molecule has 0 amide bonds. The Kier molecular flexibility index (Phi) is 3.20. The van der Waals surface area contributed by atoms with Crippen LogP contribution < -0.4 is 5.32 Å². The van der Waals surface area contributed by atoms with Crippen LogP contribution in [-0.4, -0.2) is 5.11 Å². The van der Waals surface area contributed by atoms with E-state index in [0.29, 0.717) is 18.2 Å². The highest BCUT2D eigenvalue weighted by Crippen LogP contribution is 2.47. The molecule has 106 valence electrons. The molecule has 1 saturated carbocycles. The Morgan fingerprint density at radius 3 is 2.70 bits per heavy atom. The topological polar surface area (TPSA) is 45.4 Å². The van der Waals surface area contributed by atoms with Crippen molar-refractivity contribution in [2.75, 3.05) is 5.32 Å². The number of phenols is 1. The predicted octanol–water partition coefficient (Wildman–Crippen LogP) is 4.34. The summed E-state index contributed by atoms with van der Waals surface area (Å²) >= 11 is 0. The normalized spacial score (nSPS) is 20.9. The molecule has 1 fully saturated rings. The molecule has 2 atom stereocenters. The van der Waals surface area contributed by atoms with Crippen LogP contribution in [0.25, 0.3) is 0 Å². The van der Waals surface area contributed by atoms with E-state index in [-0.39, 0.29) is 0 Å². The quantitative estimate of drug-likeness (QED) is 0.813. The van der Waals surface area contributed by atoms with Gasteiger partial charge >= 0.3 is 0 Å². The molecule has 20 heavy (non-hydrogen) atoms. The zero-order valence-electron chi connectivity index (χ0n) is 12.2. The first kappa shape index (κ1) is 13.1. The Hall–Kier alpha value is -1.90. The van der Waals surface area contributed by atoms with Crippen molar-refractivity contribution < 1.29 is 9.52 Å². The van der Waals surface area contributed by atoms with Gasteiger partial charge in [0.2, 0.25) is 0 Å². The van der Waals surface area contributed by atoms with Crippen LogP contribution >= 0.6 is 0 Å². The van der Waals surface area contributed by atoms with Gasteiger partial charge < -0.3 is 14.8 Å². The number of furan rings is 1. The number of aryl methyl sites for hydroxylation is 2. The average Bonchev–Trinajstić information content (AvgIpc) is 2.96. The van der Waals surface area contributed by atoms with Crippen LogP contribution in [-0.2, 0) is 6.54 Å². The van der Waals surface area contributed by atoms with Crippen LogP contribution in [0.1, 0.15) is 41.9 Å². The Balaban J connectivity index is 1.67. The molecule has 2 N–H and O–H groups in total. The summed E-state index contributed by atoms with van der Waals surface area (Å²) in [5.41, 5.74) is 2.96. The van der Waals surface area contributed by atoms with Crippen molar-refractivity contribution >= 4 is 5.69 Å². The summed E-state index contributed by atoms with van der Waals surface area (Å²) in [4.78, 5) is 0. The lowest BCUT2D eigenvalue weighted by molar-refractivity contribution is 0.467. The van der Waals surface area contributed by atoms with Crippen molar-refractivity contribution in [3.63, 3.8) is 0 Å². The van der Waals surface area contributed by atoms with Gasteiger partial charge in [-0.3, -0.25) is 0 Å². The fourth-order valence-electron chi connectivity index (χ4n) is 2.58. The number of phenolic OH excluding ortho intramolecular Hbond substituents is 1. The fraction of sp³-hybridized carbons (Fsp3) is 0.412. The summed E-state index contributed by atoms with van der Waals surface area (Å²) < 4.78 is 5.88. The van der Waals surface area contributed by atoms with Crippen LogP contribution in [0.2, 0.25) is 0 Å². The Bertz CT molecular complexity index is 630. The maximum absolute atomic E-state index is 9.66. The van der Waals surface area contributed by atoms with Gasteiger partial charge in [-0.1, -0.05) is 6.92 Å². The molecule has 0 aliphatic heterocycles. The minimum atomic E-state index is 0.344. The molecule has 2 aromatic rings. The lowest BCUT2D eigenvalue weighted by Gasteiger charge is -2.10. The number of aromatic hydroxyl groups is 1. The lowest BCUT2D eigenvalue weighted by atomic mass is 10.1. The molecule has 3 heteroatoms. The number of nitrogens with one attached hydrogen (secondary N) is 1. The molecule has 0 bridgehead atoms. The van der Waals surface area contributed by atoms with Crippen LogP contribution in [0.5, 0.6) is 5.75 Å². The van der Waals surface area contributed by atoms with Crippen LogP contribution in [0.4, 0.5) is 5.69 Å². The van der Waals surface area contributed by atoms with E-state index in [4.69, 9.17) is 4.42 Å². The monoisotopic (exact) mass is 271 g/mol.